The van der Waals surface area contributed by atoms with Gasteiger partial charge < -0.3 is 4.90 Å². The van der Waals surface area contributed by atoms with Crippen LogP contribution in [0.1, 0.15) is 41.3 Å². The number of benzene rings is 2. The van der Waals surface area contributed by atoms with Crippen molar-refractivity contribution < 1.29 is 13.2 Å². The molecule has 0 bridgehead atoms. The van der Waals surface area contributed by atoms with Crippen LogP contribution in [0.15, 0.2) is 53.4 Å². The van der Waals surface area contributed by atoms with Gasteiger partial charge in [-0.05, 0) is 60.6 Å². The average Bonchev–Trinajstić information content (AvgIpc) is 2.73. The quantitative estimate of drug-likeness (QED) is 0.797. The van der Waals surface area contributed by atoms with E-state index in [4.69, 9.17) is 0 Å². The summed E-state index contributed by atoms with van der Waals surface area (Å²) < 4.78 is 27.6. The molecule has 2 aromatic rings. The van der Waals surface area contributed by atoms with Crippen molar-refractivity contribution >= 4 is 15.9 Å². The van der Waals surface area contributed by atoms with Gasteiger partial charge in [-0.25, -0.2) is 8.42 Å². The highest BCUT2D eigenvalue weighted by atomic mass is 32.2. The molecule has 1 atom stereocenters. The molecule has 2 aromatic carbocycles. The van der Waals surface area contributed by atoms with E-state index in [0.717, 1.165) is 37.9 Å². The van der Waals surface area contributed by atoms with Crippen LogP contribution in [-0.2, 0) is 23.0 Å². The molecule has 0 N–H and O–H groups in total. The SMILES string of the molecule is CC1CCCN(C(=O)c2ccc(S(=O)(=O)N3CCc4ccccc4C3)cc2)C1. The first-order chi connectivity index (χ1) is 13.4. The summed E-state index contributed by atoms with van der Waals surface area (Å²) in [5, 5.41) is 0. The van der Waals surface area contributed by atoms with Crippen molar-refractivity contribution in [2.45, 2.75) is 37.6 Å². The van der Waals surface area contributed by atoms with Crippen molar-refractivity contribution in [3.8, 4) is 0 Å². The number of piperidine rings is 1. The van der Waals surface area contributed by atoms with Gasteiger partial charge in [0, 0.05) is 31.7 Å². The predicted molar refractivity (Wildman–Crippen MR) is 108 cm³/mol. The molecule has 6 heteroatoms. The van der Waals surface area contributed by atoms with Crippen molar-refractivity contribution in [1.29, 1.82) is 0 Å². The molecule has 0 spiro atoms. The van der Waals surface area contributed by atoms with E-state index in [1.54, 1.807) is 24.3 Å². The zero-order chi connectivity index (χ0) is 19.7. The summed E-state index contributed by atoms with van der Waals surface area (Å²) in [6.07, 6.45) is 2.90. The van der Waals surface area contributed by atoms with E-state index in [2.05, 4.69) is 13.0 Å². The molecule has 2 aliphatic rings. The molecule has 0 aliphatic carbocycles. The van der Waals surface area contributed by atoms with Crippen LogP contribution < -0.4 is 0 Å². The molecule has 1 saturated heterocycles. The number of carbonyl (C=O) groups is 1. The zero-order valence-electron chi connectivity index (χ0n) is 16.2. The molecule has 1 fully saturated rings. The number of likely N-dealkylation sites (tertiary alicyclic amines) is 1. The van der Waals surface area contributed by atoms with Crippen LogP contribution in [-0.4, -0.2) is 43.2 Å². The Hall–Kier alpha value is -2.18. The summed E-state index contributed by atoms with van der Waals surface area (Å²) >= 11 is 0. The molecule has 5 nitrogen and oxygen atoms in total. The van der Waals surface area contributed by atoms with Gasteiger partial charge in [0.15, 0.2) is 0 Å². The molecule has 4 rings (SSSR count). The van der Waals surface area contributed by atoms with Crippen LogP contribution in [0.2, 0.25) is 0 Å². The van der Waals surface area contributed by atoms with Crippen molar-refractivity contribution in [1.82, 2.24) is 9.21 Å². The maximum Gasteiger partial charge on any atom is 0.253 e. The molecule has 1 unspecified atom stereocenters. The third-order valence-electron chi connectivity index (χ3n) is 5.78. The summed E-state index contributed by atoms with van der Waals surface area (Å²) in [5.41, 5.74) is 2.83. The van der Waals surface area contributed by atoms with Gasteiger partial charge in [0.25, 0.3) is 5.91 Å². The Kier molecular flexibility index (Phi) is 5.25. The lowest BCUT2D eigenvalue weighted by Gasteiger charge is -2.31. The fourth-order valence-corrected chi connectivity index (χ4v) is 5.57. The van der Waals surface area contributed by atoms with Gasteiger partial charge in [-0.2, -0.15) is 4.31 Å². The second kappa shape index (κ2) is 7.68. The Morgan fingerprint density at radius 2 is 1.71 bits per heavy atom. The summed E-state index contributed by atoms with van der Waals surface area (Å²) in [6.45, 7) is 4.57. The summed E-state index contributed by atoms with van der Waals surface area (Å²) in [4.78, 5) is 14.8. The largest absolute Gasteiger partial charge is 0.338 e. The Morgan fingerprint density at radius 3 is 2.43 bits per heavy atom. The first kappa shape index (κ1) is 19.2. The average molecular weight is 399 g/mol. The minimum atomic E-state index is -3.57. The fraction of sp³-hybridized carbons (Fsp3) is 0.409. The second-order valence-electron chi connectivity index (χ2n) is 7.88. The Balaban J connectivity index is 1.51. The number of nitrogens with zero attached hydrogens (tertiary/aromatic N) is 2. The van der Waals surface area contributed by atoms with E-state index in [1.165, 1.54) is 9.87 Å². The standard InChI is InChI=1S/C22H26N2O3S/c1-17-5-4-13-23(15-17)22(25)19-8-10-21(11-9-19)28(26,27)24-14-12-18-6-2-3-7-20(18)16-24/h2-3,6-11,17H,4-5,12-16H2,1H3. The van der Waals surface area contributed by atoms with Gasteiger partial charge in [0.05, 0.1) is 4.90 Å². The Labute approximate surface area is 167 Å². The van der Waals surface area contributed by atoms with Crippen LogP contribution in [0, 0.1) is 5.92 Å². The van der Waals surface area contributed by atoms with E-state index in [9.17, 15) is 13.2 Å². The van der Waals surface area contributed by atoms with Gasteiger partial charge in [-0.3, -0.25) is 4.79 Å². The summed E-state index contributed by atoms with van der Waals surface area (Å²) in [7, 11) is -3.57. The molecule has 0 aromatic heterocycles. The lowest BCUT2D eigenvalue weighted by Crippen LogP contribution is -2.39. The van der Waals surface area contributed by atoms with Crippen molar-refractivity contribution in [3.05, 3.63) is 65.2 Å². The monoisotopic (exact) mass is 398 g/mol. The number of hydrogen-bond acceptors (Lipinski definition) is 3. The Bertz CT molecular complexity index is 970. The van der Waals surface area contributed by atoms with Crippen LogP contribution >= 0.6 is 0 Å². The van der Waals surface area contributed by atoms with Crippen LogP contribution in [0.4, 0.5) is 0 Å². The van der Waals surface area contributed by atoms with Crippen LogP contribution in [0.3, 0.4) is 0 Å². The van der Waals surface area contributed by atoms with E-state index in [1.807, 2.05) is 23.1 Å². The van der Waals surface area contributed by atoms with Crippen LogP contribution in [0.25, 0.3) is 0 Å². The third kappa shape index (κ3) is 3.71. The fourth-order valence-electron chi connectivity index (χ4n) is 4.15. The van der Waals surface area contributed by atoms with Crippen LogP contribution in [0.5, 0.6) is 0 Å². The normalized spacial score (nSPS) is 20.6. The first-order valence-corrected chi connectivity index (χ1v) is 11.4. The van der Waals surface area contributed by atoms with E-state index >= 15 is 0 Å². The maximum absolute atomic E-state index is 13.1. The van der Waals surface area contributed by atoms with E-state index < -0.39 is 10.0 Å². The highest BCUT2D eigenvalue weighted by molar-refractivity contribution is 7.89. The van der Waals surface area contributed by atoms with Gasteiger partial charge in [-0.1, -0.05) is 31.2 Å². The highest BCUT2D eigenvalue weighted by Gasteiger charge is 2.29. The molecule has 2 aliphatic heterocycles. The van der Waals surface area contributed by atoms with Gasteiger partial charge >= 0.3 is 0 Å². The molecule has 28 heavy (non-hydrogen) atoms. The topological polar surface area (TPSA) is 57.7 Å². The molecular weight excluding hydrogens is 372 g/mol. The molecule has 1 amide bonds. The first-order valence-electron chi connectivity index (χ1n) is 9.91. The minimum Gasteiger partial charge on any atom is -0.338 e. The maximum atomic E-state index is 13.1. The molecule has 2 heterocycles. The lowest BCUT2D eigenvalue weighted by atomic mass is 9.99. The number of rotatable bonds is 3. The lowest BCUT2D eigenvalue weighted by molar-refractivity contribution is 0.0683. The molecule has 0 saturated carbocycles. The second-order valence-corrected chi connectivity index (χ2v) is 9.82. The number of fused-ring (bicyclic) bond motifs is 1. The van der Waals surface area contributed by atoms with E-state index in [0.29, 0.717) is 24.6 Å². The van der Waals surface area contributed by atoms with Crippen molar-refractivity contribution in [3.63, 3.8) is 0 Å². The summed E-state index contributed by atoms with van der Waals surface area (Å²) in [6, 6.07) is 14.4. The minimum absolute atomic E-state index is 0.0117. The number of hydrogen-bond donors (Lipinski definition) is 0. The van der Waals surface area contributed by atoms with Crippen molar-refractivity contribution in [2.75, 3.05) is 19.6 Å². The van der Waals surface area contributed by atoms with E-state index in [-0.39, 0.29) is 10.8 Å². The number of carbonyl (C=O) groups excluding carboxylic acids is 1. The van der Waals surface area contributed by atoms with Gasteiger partial charge in [0.1, 0.15) is 0 Å². The molecular formula is C22H26N2O3S. The highest BCUT2D eigenvalue weighted by Crippen LogP contribution is 2.25. The molecule has 0 radical (unpaired) electrons. The van der Waals surface area contributed by atoms with Gasteiger partial charge in [-0.15, -0.1) is 0 Å². The Morgan fingerprint density at radius 1 is 1.00 bits per heavy atom. The van der Waals surface area contributed by atoms with Crippen molar-refractivity contribution in [2.24, 2.45) is 5.92 Å². The smallest absolute Gasteiger partial charge is 0.253 e. The summed E-state index contributed by atoms with van der Waals surface area (Å²) in [5.74, 6) is 0.502. The predicted octanol–water partition coefficient (Wildman–Crippen LogP) is 3.31. The van der Waals surface area contributed by atoms with Gasteiger partial charge in [0.2, 0.25) is 10.0 Å². The number of sulfonamides is 1. The number of amides is 1. The zero-order valence-corrected chi connectivity index (χ0v) is 17.0. The molecule has 148 valence electrons. The third-order valence-corrected chi connectivity index (χ3v) is 7.64.